The van der Waals surface area contributed by atoms with Gasteiger partial charge in [-0.15, -0.1) is 0 Å². The summed E-state index contributed by atoms with van der Waals surface area (Å²) in [4.78, 5) is 0. The predicted octanol–water partition coefficient (Wildman–Crippen LogP) is 6.12. The van der Waals surface area contributed by atoms with Crippen molar-refractivity contribution in [2.24, 2.45) is 0 Å². The zero-order valence-corrected chi connectivity index (χ0v) is 15.1. The summed E-state index contributed by atoms with van der Waals surface area (Å²) in [6.07, 6.45) is 0. The molecule has 2 aromatic carbocycles. The first-order chi connectivity index (χ1) is 11.4. The monoisotopic (exact) mass is 313 g/mol. The van der Waals surface area contributed by atoms with Crippen LogP contribution in [0.3, 0.4) is 0 Å². The molecule has 0 atom stereocenters. The van der Waals surface area contributed by atoms with Crippen molar-refractivity contribution in [3.63, 3.8) is 0 Å². The van der Waals surface area contributed by atoms with Crippen LogP contribution in [0.25, 0.3) is 27.2 Å². The molecule has 0 saturated heterocycles. The summed E-state index contributed by atoms with van der Waals surface area (Å²) < 4.78 is 2.53. The van der Waals surface area contributed by atoms with Crippen molar-refractivity contribution < 1.29 is 0 Å². The number of hydrogen-bond donors (Lipinski definition) is 0. The average molecular weight is 313 g/mol. The summed E-state index contributed by atoms with van der Waals surface area (Å²) in [6, 6.07) is 18.2. The Balaban J connectivity index is 2.24. The third-order valence-corrected chi connectivity index (χ3v) is 6.84. The van der Waals surface area contributed by atoms with Crippen molar-refractivity contribution in [3.8, 4) is 0 Å². The van der Waals surface area contributed by atoms with E-state index in [4.69, 9.17) is 0 Å². The van der Waals surface area contributed by atoms with Crippen molar-refractivity contribution in [2.45, 2.75) is 45.4 Å². The maximum absolute atomic E-state index is 2.53. The van der Waals surface area contributed by atoms with Crippen LogP contribution < -0.4 is 0 Å². The molecular weight excluding hydrogens is 290 g/mol. The first-order valence-electron chi connectivity index (χ1n) is 8.82. The van der Waals surface area contributed by atoms with E-state index in [-0.39, 0.29) is 10.8 Å². The van der Waals surface area contributed by atoms with Gasteiger partial charge in [0.2, 0.25) is 0 Å². The molecule has 0 spiro atoms. The number of aromatic nitrogens is 1. The van der Waals surface area contributed by atoms with Gasteiger partial charge in [0.1, 0.15) is 0 Å². The van der Waals surface area contributed by atoms with Gasteiger partial charge in [-0.3, -0.25) is 0 Å². The average Bonchev–Trinajstić information content (AvgIpc) is 2.99. The largest absolute Gasteiger partial charge is 0.312 e. The topological polar surface area (TPSA) is 4.41 Å². The quantitative estimate of drug-likeness (QED) is 0.344. The molecule has 1 heteroatoms. The maximum atomic E-state index is 2.53. The minimum Gasteiger partial charge on any atom is -0.312 e. The maximum Gasteiger partial charge on any atom is 0.0577 e. The van der Waals surface area contributed by atoms with Crippen molar-refractivity contribution in [1.82, 2.24) is 4.40 Å². The lowest BCUT2D eigenvalue weighted by molar-refractivity contribution is 0.289. The summed E-state index contributed by atoms with van der Waals surface area (Å²) in [7, 11) is 0. The molecule has 0 amide bonds. The van der Waals surface area contributed by atoms with Crippen LogP contribution in [0.2, 0.25) is 0 Å². The fourth-order valence-corrected chi connectivity index (χ4v) is 4.73. The minimum atomic E-state index is 0.0804. The molecule has 0 N–H and O–H groups in total. The summed E-state index contributed by atoms with van der Waals surface area (Å²) >= 11 is 0. The number of benzene rings is 2. The summed E-state index contributed by atoms with van der Waals surface area (Å²) in [5.74, 6) is 0. The molecule has 1 aliphatic heterocycles. The molecule has 3 heterocycles. The highest BCUT2D eigenvalue weighted by atomic mass is 14.9. The van der Waals surface area contributed by atoms with Crippen LogP contribution in [0.5, 0.6) is 0 Å². The highest BCUT2D eigenvalue weighted by Crippen LogP contribution is 2.51. The van der Waals surface area contributed by atoms with Gasteiger partial charge in [0.05, 0.1) is 11.0 Å². The second kappa shape index (κ2) is 4.03. The van der Waals surface area contributed by atoms with Crippen LogP contribution in [0.4, 0.5) is 0 Å². The minimum absolute atomic E-state index is 0.0804. The van der Waals surface area contributed by atoms with Crippen molar-refractivity contribution in [3.05, 3.63) is 65.4 Å². The van der Waals surface area contributed by atoms with E-state index in [1.165, 1.54) is 44.0 Å². The van der Waals surface area contributed by atoms with Crippen molar-refractivity contribution in [1.29, 1.82) is 0 Å². The third kappa shape index (κ3) is 1.34. The number of rotatable bonds is 0. The lowest BCUT2D eigenvalue weighted by atomic mass is 9.60. The van der Waals surface area contributed by atoms with Crippen LogP contribution in [0.15, 0.2) is 48.5 Å². The Morgan fingerprint density at radius 1 is 0.750 bits per heavy atom. The Labute approximate surface area is 142 Å². The third-order valence-electron chi connectivity index (χ3n) is 6.84. The Kier molecular flexibility index (Phi) is 2.37. The van der Waals surface area contributed by atoms with E-state index in [9.17, 15) is 0 Å². The Morgan fingerprint density at radius 3 is 2.21 bits per heavy atom. The SMILES string of the molecule is Cc1ccc2c3c1c1ccccc1c1ccc(n13)C(C)(C)C2(C)C. The fourth-order valence-electron chi connectivity index (χ4n) is 4.73. The molecule has 0 fully saturated rings. The van der Waals surface area contributed by atoms with E-state index in [0.717, 1.165) is 0 Å². The fraction of sp³-hybridized carbons (Fsp3) is 0.304. The van der Waals surface area contributed by atoms with E-state index in [2.05, 4.69) is 87.6 Å². The van der Waals surface area contributed by atoms with Crippen molar-refractivity contribution >= 4 is 27.2 Å². The smallest absolute Gasteiger partial charge is 0.0577 e. The number of pyridine rings is 1. The molecule has 24 heavy (non-hydrogen) atoms. The van der Waals surface area contributed by atoms with Crippen LogP contribution in [0, 0.1) is 6.92 Å². The molecule has 0 saturated carbocycles. The van der Waals surface area contributed by atoms with Gasteiger partial charge in [0.15, 0.2) is 0 Å². The molecule has 120 valence electrons. The summed E-state index contributed by atoms with van der Waals surface area (Å²) in [5.41, 5.74) is 7.17. The summed E-state index contributed by atoms with van der Waals surface area (Å²) in [5, 5.41) is 4.14. The zero-order valence-electron chi connectivity index (χ0n) is 15.1. The highest BCUT2D eigenvalue weighted by molar-refractivity contribution is 6.15. The normalized spacial score (nSPS) is 18.0. The Morgan fingerprint density at radius 2 is 1.46 bits per heavy atom. The van der Waals surface area contributed by atoms with Gasteiger partial charge in [-0.2, -0.15) is 0 Å². The van der Waals surface area contributed by atoms with E-state index in [1.807, 2.05) is 0 Å². The van der Waals surface area contributed by atoms with Crippen LogP contribution in [0.1, 0.15) is 44.5 Å². The lowest BCUT2D eigenvalue weighted by Crippen LogP contribution is -2.44. The van der Waals surface area contributed by atoms with E-state index >= 15 is 0 Å². The second-order valence-corrected chi connectivity index (χ2v) is 8.39. The van der Waals surface area contributed by atoms with Gasteiger partial charge in [-0.05, 0) is 35.6 Å². The first kappa shape index (κ1) is 14.1. The van der Waals surface area contributed by atoms with Crippen LogP contribution in [-0.2, 0) is 10.8 Å². The first-order valence-corrected chi connectivity index (χ1v) is 8.82. The molecule has 5 rings (SSSR count). The Bertz CT molecular complexity index is 1160. The molecule has 0 unspecified atom stereocenters. The van der Waals surface area contributed by atoms with Gasteiger partial charge in [0, 0.05) is 27.3 Å². The van der Waals surface area contributed by atoms with Gasteiger partial charge < -0.3 is 4.40 Å². The van der Waals surface area contributed by atoms with Gasteiger partial charge in [-0.25, -0.2) is 0 Å². The molecule has 1 aliphatic rings. The van der Waals surface area contributed by atoms with E-state index in [1.54, 1.807) is 0 Å². The van der Waals surface area contributed by atoms with E-state index in [0.29, 0.717) is 0 Å². The van der Waals surface area contributed by atoms with Gasteiger partial charge in [-0.1, -0.05) is 64.1 Å². The second-order valence-electron chi connectivity index (χ2n) is 8.39. The number of aryl methyl sites for hydroxylation is 1. The molecular formula is C23H23N. The molecule has 0 radical (unpaired) electrons. The van der Waals surface area contributed by atoms with Crippen molar-refractivity contribution in [2.75, 3.05) is 0 Å². The Hall–Kier alpha value is -2.28. The number of fused-ring (bicyclic) bond motifs is 3. The highest BCUT2D eigenvalue weighted by Gasteiger charge is 2.45. The molecule has 4 aromatic rings. The van der Waals surface area contributed by atoms with Crippen LogP contribution >= 0.6 is 0 Å². The predicted molar refractivity (Wildman–Crippen MR) is 103 cm³/mol. The molecule has 2 aromatic heterocycles. The van der Waals surface area contributed by atoms with E-state index < -0.39 is 0 Å². The molecule has 1 nitrogen and oxygen atoms in total. The number of nitrogens with zero attached hydrogens (tertiary/aromatic N) is 1. The summed E-state index contributed by atoms with van der Waals surface area (Å²) in [6.45, 7) is 11.8. The van der Waals surface area contributed by atoms with Gasteiger partial charge in [0.25, 0.3) is 0 Å². The molecule has 0 bridgehead atoms. The lowest BCUT2D eigenvalue weighted by Gasteiger charge is -2.46. The molecule has 0 aliphatic carbocycles. The van der Waals surface area contributed by atoms with Gasteiger partial charge >= 0.3 is 0 Å². The van der Waals surface area contributed by atoms with Crippen LogP contribution in [-0.4, -0.2) is 4.40 Å². The number of hydrogen-bond acceptors (Lipinski definition) is 0. The zero-order chi connectivity index (χ0) is 16.9. The standard InChI is InChI=1S/C23H23N/c1-14-10-11-17-21-20(14)16-9-7-6-8-15(16)18-12-13-19(24(18)21)23(4,5)22(17,2)3/h6-13H,1-5H3.